The Kier molecular flexibility index (Phi) is 14.0. The number of allylic oxidation sites excluding steroid dienone is 2. The van der Waals surface area contributed by atoms with E-state index in [9.17, 15) is 0 Å². The van der Waals surface area contributed by atoms with Crippen molar-refractivity contribution >= 4 is 0 Å². The van der Waals surface area contributed by atoms with E-state index in [4.69, 9.17) is 4.74 Å². The smallest absolute Gasteiger partial charge is 0.0810 e. The quantitative estimate of drug-likeness (QED) is 0.157. The Balaban J connectivity index is 1.65. The Morgan fingerprint density at radius 1 is 0.682 bits per heavy atom. The predicted octanol–water partition coefficient (Wildman–Crippen LogP) is 7.20. The van der Waals surface area contributed by atoms with E-state index >= 15 is 0 Å². The molecule has 0 radical (unpaired) electrons. The van der Waals surface area contributed by atoms with Crippen molar-refractivity contribution in [3.05, 3.63) is 12.2 Å². The van der Waals surface area contributed by atoms with Crippen molar-refractivity contribution in [2.75, 3.05) is 6.61 Å². The first-order valence-corrected chi connectivity index (χ1v) is 10.2. The molecule has 1 unspecified atom stereocenters. The Labute approximate surface area is 139 Å². The number of unbranched alkanes of at least 4 members (excludes halogenated alkanes) is 13. The molecule has 1 aliphatic rings. The SMILES string of the molecule is CCCCCCCCC=CCCCCCCCCCC1CO1. The van der Waals surface area contributed by atoms with Gasteiger partial charge in [0.2, 0.25) is 0 Å². The van der Waals surface area contributed by atoms with E-state index in [0.717, 1.165) is 6.61 Å². The summed E-state index contributed by atoms with van der Waals surface area (Å²) in [5.74, 6) is 0. The molecule has 0 aromatic rings. The van der Waals surface area contributed by atoms with Gasteiger partial charge in [0.1, 0.15) is 0 Å². The van der Waals surface area contributed by atoms with Crippen LogP contribution in [0, 0.1) is 0 Å². The van der Waals surface area contributed by atoms with Gasteiger partial charge in [-0.3, -0.25) is 0 Å². The zero-order valence-corrected chi connectivity index (χ0v) is 15.2. The first kappa shape index (κ1) is 19.7. The number of rotatable bonds is 17. The van der Waals surface area contributed by atoms with Gasteiger partial charge in [-0.25, -0.2) is 0 Å². The van der Waals surface area contributed by atoms with Gasteiger partial charge in [0.05, 0.1) is 12.7 Å². The molecule has 22 heavy (non-hydrogen) atoms. The maximum absolute atomic E-state index is 5.23. The Morgan fingerprint density at radius 3 is 1.64 bits per heavy atom. The van der Waals surface area contributed by atoms with Crippen LogP contribution in [0.4, 0.5) is 0 Å². The van der Waals surface area contributed by atoms with Crippen LogP contribution in [0.15, 0.2) is 12.2 Å². The minimum Gasteiger partial charge on any atom is -0.373 e. The molecule has 1 nitrogen and oxygen atoms in total. The number of epoxide rings is 1. The highest BCUT2D eigenvalue weighted by Crippen LogP contribution is 2.18. The van der Waals surface area contributed by atoms with Crippen LogP contribution in [-0.2, 0) is 4.74 Å². The van der Waals surface area contributed by atoms with Crippen molar-refractivity contribution in [1.82, 2.24) is 0 Å². The number of hydrogen-bond donors (Lipinski definition) is 0. The van der Waals surface area contributed by atoms with E-state index in [-0.39, 0.29) is 0 Å². The molecule has 0 amide bonds. The molecule has 1 rings (SSSR count). The molecule has 0 saturated carbocycles. The van der Waals surface area contributed by atoms with E-state index in [2.05, 4.69) is 19.1 Å². The van der Waals surface area contributed by atoms with E-state index in [0.29, 0.717) is 6.10 Å². The molecule has 0 aromatic heterocycles. The summed E-state index contributed by atoms with van der Waals surface area (Å²) in [4.78, 5) is 0. The second kappa shape index (κ2) is 15.6. The molecule has 1 heterocycles. The lowest BCUT2D eigenvalue weighted by Gasteiger charge is -2.00. The first-order chi connectivity index (χ1) is 10.9. The topological polar surface area (TPSA) is 12.5 Å². The molecule has 0 aliphatic carbocycles. The average Bonchev–Trinajstić information content (AvgIpc) is 3.34. The van der Waals surface area contributed by atoms with Crippen LogP contribution in [0.5, 0.6) is 0 Å². The van der Waals surface area contributed by atoms with Gasteiger partial charge in [-0.15, -0.1) is 0 Å². The zero-order valence-electron chi connectivity index (χ0n) is 15.2. The van der Waals surface area contributed by atoms with Crippen molar-refractivity contribution in [2.24, 2.45) is 0 Å². The van der Waals surface area contributed by atoms with Crippen LogP contribution in [0.1, 0.15) is 110 Å². The van der Waals surface area contributed by atoms with E-state index in [1.165, 1.54) is 103 Å². The van der Waals surface area contributed by atoms with Gasteiger partial charge in [-0.05, 0) is 32.1 Å². The molecule has 1 saturated heterocycles. The van der Waals surface area contributed by atoms with Crippen LogP contribution >= 0.6 is 0 Å². The normalized spacial score (nSPS) is 17.4. The summed E-state index contributed by atoms with van der Waals surface area (Å²) in [5, 5.41) is 0. The molecule has 0 aromatic carbocycles. The standard InChI is InChI=1S/C21H40O/c1-2-3-4-5-6-7-8-9-10-11-12-13-14-15-16-17-18-19-21-20-22-21/h9-10,21H,2-8,11-20H2,1H3. The highest BCUT2D eigenvalue weighted by molar-refractivity contribution is 4.81. The third-order valence-electron chi connectivity index (χ3n) is 4.69. The van der Waals surface area contributed by atoms with Gasteiger partial charge >= 0.3 is 0 Å². The van der Waals surface area contributed by atoms with Crippen LogP contribution < -0.4 is 0 Å². The Hall–Kier alpha value is -0.300. The molecule has 0 N–H and O–H groups in total. The maximum atomic E-state index is 5.23. The maximum Gasteiger partial charge on any atom is 0.0810 e. The molecule has 0 bridgehead atoms. The van der Waals surface area contributed by atoms with Crippen LogP contribution in [0.3, 0.4) is 0 Å². The molecule has 1 heteroatoms. The summed E-state index contributed by atoms with van der Waals surface area (Å²) in [5.41, 5.74) is 0. The van der Waals surface area contributed by atoms with Gasteiger partial charge in [0, 0.05) is 0 Å². The lowest BCUT2D eigenvalue weighted by molar-refractivity contribution is 0.387. The summed E-state index contributed by atoms with van der Waals surface area (Å²) in [6, 6.07) is 0. The third kappa shape index (κ3) is 14.6. The summed E-state index contributed by atoms with van der Waals surface area (Å²) < 4.78 is 5.23. The van der Waals surface area contributed by atoms with Crippen LogP contribution in [-0.4, -0.2) is 12.7 Å². The van der Waals surface area contributed by atoms with Gasteiger partial charge in [-0.2, -0.15) is 0 Å². The Bertz CT molecular complexity index is 242. The minimum absolute atomic E-state index is 0.642. The lowest BCUT2D eigenvalue weighted by Crippen LogP contribution is -1.86. The molecular weight excluding hydrogens is 268 g/mol. The average molecular weight is 309 g/mol. The van der Waals surface area contributed by atoms with Crippen molar-refractivity contribution in [2.45, 2.75) is 116 Å². The van der Waals surface area contributed by atoms with Gasteiger partial charge < -0.3 is 4.74 Å². The van der Waals surface area contributed by atoms with E-state index in [1.54, 1.807) is 0 Å². The summed E-state index contributed by atoms with van der Waals surface area (Å²) in [7, 11) is 0. The molecule has 1 aliphatic heterocycles. The summed E-state index contributed by atoms with van der Waals surface area (Å²) in [6.45, 7) is 3.32. The summed E-state index contributed by atoms with van der Waals surface area (Å²) >= 11 is 0. The fraction of sp³-hybridized carbons (Fsp3) is 0.905. The molecule has 0 spiro atoms. The largest absolute Gasteiger partial charge is 0.373 e. The van der Waals surface area contributed by atoms with E-state index in [1.807, 2.05) is 0 Å². The molecular formula is C21H40O. The molecule has 1 fully saturated rings. The number of hydrogen-bond acceptors (Lipinski definition) is 1. The van der Waals surface area contributed by atoms with Gasteiger partial charge in [0.25, 0.3) is 0 Å². The fourth-order valence-corrected chi connectivity index (χ4v) is 3.03. The second-order valence-electron chi connectivity index (χ2n) is 7.04. The van der Waals surface area contributed by atoms with Crippen LogP contribution in [0.25, 0.3) is 0 Å². The molecule has 130 valence electrons. The third-order valence-corrected chi connectivity index (χ3v) is 4.69. The monoisotopic (exact) mass is 308 g/mol. The van der Waals surface area contributed by atoms with E-state index < -0.39 is 0 Å². The highest BCUT2D eigenvalue weighted by Gasteiger charge is 2.20. The zero-order chi connectivity index (χ0) is 15.7. The minimum atomic E-state index is 0.642. The Morgan fingerprint density at radius 2 is 1.14 bits per heavy atom. The van der Waals surface area contributed by atoms with Crippen molar-refractivity contribution < 1.29 is 4.74 Å². The van der Waals surface area contributed by atoms with Gasteiger partial charge in [0.15, 0.2) is 0 Å². The second-order valence-corrected chi connectivity index (χ2v) is 7.04. The summed E-state index contributed by atoms with van der Waals surface area (Å²) in [6.07, 6.45) is 27.8. The lowest BCUT2D eigenvalue weighted by atomic mass is 10.1. The molecule has 1 atom stereocenters. The fourth-order valence-electron chi connectivity index (χ4n) is 3.03. The van der Waals surface area contributed by atoms with Crippen molar-refractivity contribution in [3.8, 4) is 0 Å². The van der Waals surface area contributed by atoms with Gasteiger partial charge in [-0.1, -0.05) is 89.7 Å². The number of ether oxygens (including phenoxy) is 1. The first-order valence-electron chi connectivity index (χ1n) is 10.2. The van der Waals surface area contributed by atoms with Crippen molar-refractivity contribution in [1.29, 1.82) is 0 Å². The van der Waals surface area contributed by atoms with Crippen molar-refractivity contribution in [3.63, 3.8) is 0 Å². The van der Waals surface area contributed by atoms with Crippen LogP contribution in [0.2, 0.25) is 0 Å². The highest BCUT2D eigenvalue weighted by atomic mass is 16.6. The predicted molar refractivity (Wildman–Crippen MR) is 98.4 cm³/mol.